The molecule has 3 aromatic rings. The number of fused-ring (bicyclic) bond motifs is 6. The number of H-pyrrole nitrogens is 1. The molecule has 3 heterocycles. The summed E-state index contributed by atoms with van der Waals surface area (Å²) in [5, 5.41) is 0. The third-order valence-corrected chi connectivity index (χ3v) is 8.27. The van der Waals surface area contributed by atoms with Gasteiger partial charge >= 0.3 is 0 Å². The van der Waals surface area contributed by atoms with E-state index in [1.165, 1.54) is 11.1 Å². The molecular formula is C25H26N4O. The van der Waals surface area contributed by atoms with Gasteiger partial charge < -0.3 is 9.88 Å². The largest absolute Gasteiger partial charge is 0.345 e. The van der Waals surface area contributed by atoms with E-state index in [0.717, 1.165) is 53.7 Å². The first-order valence-corrected chi connectivity index (χ1v) is 10.8. The Bertz CT molecular complexity index is 1240. The SMILES string of the molecule is CC1(C)[C@@H]2Cc3cc4[nH]cnc4cc3[C@]1(C)CCN2C(=O)c1ccc2c(c1)CC=N2. The molecule has 0 saturated carbocycles. The number of hydrogen-bond acceptors (Lipinski definition) is 3. The minimum atomic E-state index is -0.0300. The Morgan fingerprint density at radius 3 is 2.90 bits per heavy atom. The molecule has 1 N–H and O–H groups in total. The fourth-order valence-electron chi connectivity index (χ4n) is 6.00. The summed E-state index contributed by atoms with van der Waals surface area (Å²) in [6, 6.07) is 10.7. The molecule has 152 valence electrons. The Labute approximate surface area is 176 Å². The first kappa shape index (κ1) is 17.9. The molecule has 5 heteroatoms. The smallest absolute Gasteiger partial charge is 0.254 e. The van der Waals surface area contributed by atoms with Crippen LogP contribution < -0.4 is 0 Å². The van der Waals surface area contributed by atoms with Gasteiger partial charge in [-0.05, 0) is 65.3 Å². The highest BCUT2D eigenvalue weighted by Gasteiger charge is 2.57. The lowest BCUT2D eigenvalue weighted by Crippen LogP contribution is -2.64. The fraction of sp³-hybridized carbons (Fsp3) is 0.400. The van der Waals surface area contributed by atoms with Crippen LogP contribution in [0.3, 0.4) is 0 Å². The zero-order chi connectivity index (χ0) is 20.7. The summed E-state index contributed by atoms with van der Waals surface area (Å²) >= 11 is 0. The number of rotatable bonds is 1. The zero-order valence-electron chi connectivity index (χ0n) is 17.7. The summed E-state index contributed by atoms with van der Waals surface area (Å²) in [6.07, 6.45) is 6.34. The van der Waals surface area contributed by atoms with E-state index in [1.807, 2.05) is 24.4 Å². The van der Waals surface area contributed by atoms with Crippen molar-refractivity contribution in [1.82, 2.24) is 14.9 Å². The van der Waals surface area contributed by atoms with Crippen molar-refractivity contribution in [2.24, 2.45) is 10.4 Å². The molecule has 2 aliphatic heterocycles. The van der Waals surface area contributed by atoms with E-state index < -0.39 is 0 Å². The van der Waals surface area contributed by atoms with E-state index in [-0.39, 0.29) is 22.8 Å². The number of likely N-dealkylation sites (tertiary alicyclic amines) is 1. The maximum absolute atomic E-state index is 13.6. The van der Waals surface area contributed by atoms with Crippen molar-refractivity contribution in [2.75, 3.05) is 6.54 Å². The van der Waals surface area contributed by atoms with Crippen LogP contribution in [-0.4, -0.2) is 39.6 Å². The molecule has 0 unspecified atom stereocenters. The summed E-state index contributed by atoms with van der Waals surface area (Å²) in [5.74, 6) is 0.149. The van der Waals surface area contributed by atoms with E-state index >= 15 is 0 Å². The Hall–Kier alpha value is -2.95. The van der Waals surface area contributed by atoms with Crippen molar-refractivity contribution in [2.45, 2.75) is 51.5 Å². The number of nitrogens with zero attached hydrogens (tertiary/aromatic N) is 3. The van der Waals surface area contributed by atoms with Crippen molar-refractivity contribution < 1.29 is 4.79 Å². The molecule has 6 rings (SSSR count). The summed E-state index contributed by atoms with van der Waals surface area (Å²) < 4.78 is 0. The monoisotopic (exact) mass is 398 g/mol. The van der Waals surface area contributed by atoms with Crippen molar-refractivity contribution >= 4 is 28.8 Å². The third-order valence-electron chi connectivity index (χ3n) is 8.27. The predicted molar refractivity (Wildman–Crippen MR) is 119 cm³/mol. The number of carbonyl (C=O) groups excluding carboxylic acids is 1. The van der Waals surface area contributed by atoms with Crippen LogP contribution in [0.15, 0.2) is 41.7 Å². The van der Waals surface area contributed by atoms with Crippen molar-refractivity contribution in [1.29, 1.82) is 0 Å². The Morgan fingerprint density at radius 2 is 2.03 bits per heavy atom. The molecule has 1 saturated heterocycles. The highest BCUT2D eigenvalue weighted by atomic mass is 16.2. The van der Waals surface area contributed by atoms with Gasteiger partial charge in [-0.2, -0.15) is 0 Å². The zero-order valence-corrected chi connectivity index (χ0v) is 17.7. The number of hydrogen-bond donors (Lipinski definition) is 1. The van der Waals surface area contributed by atoms with Crippen LogP contribution in [0.2, 0.25) is 0 Å². The Balaban J connectivity index is 1.42. The van der Waals surface area contributed by atoms with Gasteiger partial charge in [0.15, 0.2) is 0 Å². The van der Waals surface area contributed by atoms with E-state index in [1.54, 1.807) is 6.33 Å². The van der Waals surface area contributed by atoms with Crippen LogP contribution in [0.1, 0.15) is 54.2 Å². The summed E-state index contributed by atoms with van der Waals surface area (Å²) in [5.41, 5.74) is 7.77. The fourth-order valence-corrected chi connectivity index (χ4v) is 6.00. The Kier molecular flexibility index (Phi) is 3.46. The van der Waals surface area contributed by atoms with Crippen molar-refractivity contribution in [3.8, 4) is 0 Å². The molecule has 3 aliphatic rings. The minimum absolute atomic E-state index is 0.0148. The molecule has 0 spiro atoms. The second-order valence-electron chi connectivity index (χ2n) is 9.81. The number of aromatic nitrogens is 2. The maximum Gasteiger partial charge on any atom is 0.254 e. The molecule has 1 fully saturated rings. The predicted octanol–water partition coefficient (Wildman–Crippen LogP) is 4.58. The van der Waals surface area contributed by atoms with Gasteiger partial charge in [0.1, 0.15) is 0 Å². The van der Waals surface area contributed by atoms with Crippen molar-refractivity contribution in [3.05, 3.63) is 58.9 Å². The number of amides is 1. The van der Waals surface area contributed by atoms with Crippen LogP contribution >= 0.6 is 0 Å². The van der Waals surface area contributed by atoms with E-state index in [2.05, 4.69) is 52.8 Å². The lowest BCUT2D eigenvalue weighted by molar-refractivity contribution is -0.0261. The number of imidazole rings is 1. The number of piperidine rings is 1. The lowest BCUT2D eigenvalue weighted by atomic mass is 9.51. The molecule has 1 aliphatic carbocycles. The highest BCUT2D eigenvalue weighted by molar-refractivity contribution is 5.96. The normalized spacial score (nSPS) is 26.0. The lowest BCUT2D eigenvalue weighted by Gasteiger charge is -2.60. The van der Waals surface area contributed by atoms with Crippen LogP contribution in [-0.2, 0) is 18.3 Å². The van der Waals surface area contributed by atoms with Gasteiger partial charge in [0, 0.05) is 36.2 Å². The number of benzene rings is 2. The van der Waals surface area contributed by atoms with Gasteiger partial charge in [-0.25, -0.2) is 4.98 Å². The average molecular weight is 399 g/mol. The molecule has 2 bridgehead atoms. The van der Waals surface area contributed by atoms with Gasteiger partial charge in [-0.1, -0.05) is 20.8 Å². The van der Waals surface area contributed by atoms with Gasteiger partial charge in [-0.15, -0.1) is 0 Å². The number of aliphatic imine (C=N–C) groups is 1. The standard InChI is InChI=1S/C25H26N4O/c1-24(2)22-12-17-11-20-21(28-14-27-20)13-18(17)25(24,3)7-9-29(22)23(30)16-4-5-19-15(10-16)6-8-26-19/h4-5,8,10-11,13-14,22H,6-7,9,12H2,1-3H3,(H,27,28)/t22-,25-/m0/s1. The van der Waals surface area contributed by atoms with Crippen LogP contribution in [0.4, 0.5) is 5.69 Å². The van der Waals surface area contributed by atoms with Crippen LogP contribution in [0.5, 0.6) is 0 Å². The molecule has 1 amide bonds. The van der Waals surface area contributed by atoms with Crippen LogP contribution in [0.25, 0.3) is 11.0 Å². The highest BCUT2D eigenvalue weighted by Crippen LogP contribution is 2.56. The number of carbonyl (C=O) groups is 1. The number of nitrogens with one attached hydrogen (secondary N) is 1. The minimum Gasteiger partial charge on any atom is -0.345 e. The molecule has 5 nitrogen and oxygen atoms in total. The summed E-state index contributed by atoms with van der Waals surface area (Å²) in [4.78, 5) is 27.9. The Morgan fingerprint density at radius 1 is 1.17 bits per heavy atom. The van der Waals surface area contributed by atoms with Gasteiger partial charge in [0.25, 0.3) is 5.91 Å². The maximum atomic E-state index is 13.6. The molecular weight excluding hydrogens is 372 g/mol. The molecule has 0 radical (unpaired) electrons. The topological polar surface area (TPSA) is 61.4 Å². The molecule has 1 aromatic heterocycles. The quantitative estimate of drug-likeness (QED) is 0.652. The summed E-state index contributed by atoms with van der Waals surface area (Å²) in [6.45, 7) is 7.84. The van der Waals surface area contributed by atoms with Gasteiger partial charge in [0.05, 0.1) is 23.0 Å². The van der Waals surface area contributed by atoms with Gasteiger partial charge in [0.2, 0.25) is 0 Å². The van der Waals surface area contributed by atoms with E-state index in [4.69, 9.17) is 0 Å². The van der Waals surface area contributed by atoms with E-state index in [9.17, 15) is 4.79 Å². The molecule has 2 aromatic carbocycles. The third kappa shape index (κ3) is 2.21. The first-order chi connectivity index (χ1) is 14.4. The van der Waals surface area contributed by atoms with E-state index in [0.29, 0.717) is 0 Å². The molecule has 2 atom stereocenters. The first-order valence-electron chi connectivity index (χ1n) is 10.8. The summed E-state index contributed by atoms with van der Waals surface area (Å²) in [7, 11) is 0. The van der Waals surface area contributed by atoms with Crippen molar-refractivity contribution in [3.63, 3.8) is 0 Å². The van der Waals surface area contributed by atoms with Crippen LogP contribution in [0, 0.1) is 5.41 Å². The average Bonchev–Trinajstić information content (AvgIpc) is 3.37. The second kappa shape index (κ2) is 5.81. The molecule has 30 heavy (non-hydrogen) atoms. The second-order valence-corrected chi connectivity index (χ2v) is 9.81. The number of aromatic amines is 1. The van der Waals surface area contributed by atoms with Gasteiger partial charge in [-0.3, -0.25) is 9.79 Å².